The third-order valence-corrected chi connectivity index (χ3v) is 5.28. The summed E-state index contributed by atoms with van der Waals surface area (Å²) < 4.78 is 11.6. The van der Waals surface area contributed by atoms with Crippen LogP contribution in [-0.2, 0) is 11.2 Å². The Bertz CT molecular complexity index is 692. The number of phenols is 1. The number of phenolic OH excluding ortho intramolecular Hbond substituents is 1. The minimum absolute atomic E-state index is 0.00566. The molecule has 0 heterocycles. The summed E-state index contributed by atoms with van der Waals surface area (Å²) in [5.74, 6) is -0.00566. The Hall–Kier alpha value is -1.73. The van der Waals surface area contributed by atoms with Crippen molar-refractivity contribution in [2.24, 2.45) is 0 Å². The SMILES string of the molecule is Cc1ccc(N(C)CCCNCC(O)c2ccc(O)c([S+](C)[O-])c2)cc1. The molecule has 142 valence electrons. The number of nitrogens with zero attached hydrogens (tertiary/aromatic N) is 1. The first-order valence-electron chi connectivity index (χ1n) is 8.71. The Morgan fingerprint density at radius 1 is 1.19 bits per heavy atom. The highest BCUT2D eigenvalue weighted by Gasteiger charge is 2.15. The van der Waals surface area contributed by atoms with E-state index < -0.39 is 17.3 Å². The van der Waals surface area contributed by atoms with Gasteiger partial charge < -0.3 is 25.0 Å². The second-order valence-corrected chi connectivity index (χ2v) is 7.86. The van der Waals surface area contributed by atoms with Crippen LogP contribution in [0.1, 0.15) is 23.7 Å². The van der Waals surface area contributed by atoms with Gasteiger partial charge in [-0.1, -0.05) is 23.8 Å². The topological polar surface area (TPSA) is 78.8 Å². The van der Waals surface area contributed by atoms with E-state index in [0.29, 0.717) is 17.0 Å². The second kappa shape index (κ2) is 9.83. The number of rotatable bonds is 9. The number of hydrogen-bond acceptors (Lipinski definition) is 5. The fraction of sp³-hybridized carbons (Fsp3) is 0.400. The van der Waals surface area contributed by atoms with Gasteiger partial charge in [0.2, 0.25) is 0 Å². The lowest BCUT2D eigenvalue weighted by molar-refractivity contribution is 0.174. The van der Waals surface area contributed by atoms with E-state index in [4.69, 9.17) is 0 Å². The zero-order chi connectivity index (χ0) is 19.1. The molecule has 0 saturated carbocycles. The number of aromatic hydroxyl groups is 1. The third-order valence-electron chi connectivity index (χ3n) is 4.34. The van der Waals surface area contributed by atoms with Gasteiger partial charge >= 0.3 is 0 Å². The van der Waals surface area contributed by atoms with Crippen molar-refractivity contribution in [3.05, 3.63) is 53.6 Å². The lowest BCUT2D eigenvalue weighted by atomic mass is 10.1. The number of nitrogens with one attached hydrogen (secondary N) is 1. The van der Waals surface area contributed by atoms with E-state index in [1.807, 2.05) is 0 Å². The average molecular weight is 377 g/mol. The van der Waals surface area contributed by atoms with Gasteiger partial charge in [-0.2, -0.15) is 0 Å². The lowest BCUT2D eigenvalue weighted by Gasteiger charge is -2.20. The molecule has 0 aliphatic heterocycles. The van der Waals surface area contributed by atoms with Crippen molar-refractivity contribution in [1.82, 2.24) is 5.32 Å². The van der Waals surface area contributed by atoms with E-state index in [0.717, 1.165) is 19.5 Å². The van der Waals surface area contributed by atoms with Crippen molar-refractivity contribution in [2.45, 2.75) is 24.3 Å². The van der Waals surface area contributed by atoms with Crippen molar-refractivity contribution < 1.29 is 14.8 Å². The third kappa shape index (κ3) is 5.92. The molecule has 0 bridgehead atoms. The molecule has 5 nitrogen and oxygen atoms in total. The molecule has 2 atom stereocenters. The van der Waals surface area contributed by atoms with Gasteiger partial charge in [0.05, 0.1) is 6.10 Å². The molecule has 0 radical (unpaired) electrons. The van der Waals surface area contributed by atoms with E-state index >= 15 is 0 Å². The highest BCUT2D eigenvalue weighted by Crippen LogP contribution is 2.26. The van der Waals surface area contributed by atoms with Crippen LogP contribution in [0.2, 0.25) is 0 Å². The van der Waals surface area contributed by atoms with Crippen LogP contribution in [0.3, 0.4) is 0 Å². The molecule has 0 spiro atoms. The maximum absolute atomic E-state index is 11.6. The minimum Gasteiger partial charge on any atom is -0.612 e. The predicted octanol–water partition coefficient (Wildman–Crippen LogP) is 2.59. The Morgan fingerprint density at radius 2 is 1.88 bits per heavy atom. The van der Waals surface area contributed by atoms with Crippen molar-refractivity contribution >= 4 is 16.9 Å². The molecule has 0 fully saturated rings. The fourth-order valence-electron chi connectivity index (χ4n) is 2.69. The highest BCUT2D eigenvalue weighted by atomic mass is 32.2. The molecule has 0 aliphatic carbocycles. The summed E-state index contributed by atoms with van der Waals surface area (Å²) in [6.45, 7) is 4.20. The largest absolute Gasteiger partial charge is 0.612 e. The fourth-order valence-corrected chi connectivity index (χ4v) is 3.36. The summed E-state index contributed by atoms with van der Waals surface area (Å²) in [5.41, 5.74) is 3.10. The molecule has 26 heavy (non-hydrogen) atoms. The Kier molecular flexibility index (Phi) is 7.78. The number of aryl methyl sites for hydroxylation is 1. The maximum Gasteiger partial charge on any atom is 0.194 e. The van der Waals surface area contributed by atoms with Gasteiger partial charge in [-0.15, -0.1) is 0 Å². The molecule has 2 rings (SSSR count). The monoisotopic (exact) mass is 376 g/mol. The molecule has 0 aliphatic rings. The van der Waals surface area contributed by atoms with Crippen LogP contribution in [0.15, 0.2) is 47.4 Å². The molecule has 2 aromatic carbocycles. The van der Waals surface area contributed by atoms with Gasteiger partial charge in [0.1, 0.15) is 6.26 Å². The zero-order valence-electron chi connectivity index (χ0n) is 15.6. The van der Waals surface area contributed by atoms with Crippen LogP contribution >= 0.6 is 0 Å². The molecular weight excluding hydrogens is 348 g/mol. The molecule has 3 N–H and O–H groups in total. The van der Waals surface area contributed by atoms with Crippen molar-refractivity contribution in [3.63, 3.8) is 0 Å². The predicted molar refractivity (Wildman–Crippen MR) is 107 cm³/mol. The van der Waals surface area contributed by atoms with E-state index in [2.05, 4.69) is 48.5 Å². The minimum atomic E-state index is -1.29. The number of aliphatic hydroxyl groups excluding tert-OH is 1. The number of anilines is 1. The first-order chi connectivity index (χ1) is 12.4. The Balaban J connectivity index is 1.74. The van der Waals surface area contributed by atoms with E-state index in [9.17, 15) is 14.8 Å². The number of hydrogen-bond donors (Lipinski definition) is 3. The second-order valence-electron chi connectivity index (χ2n) is 6.51. The molecule has 6 heteroatoms. The first-order valence-corrected chi connectivity index (χ1v) is 10.3. The van der Waals surface area contributed by atoms with Gasteiger partial charge in [0, 0.05) is 31.9 Å². The summed E-state index contributed by atoms with van der Waals surface area (Å²) in [5, 5.41) is 23.2. The maximum atomic E-state index is 11.6. The van der Waals surface area contributed by atoms with Crippen LogP contribution in [0.25, 0.3) is 0 Å². The summed E-state index contributed by atoms with van der Waals surface area (Å²) in [4.78, 5) is 2.56. The lowest BCUT2D eigenvalue weighted by Crippen LogP contribution is -2.26. The standard InChI is InChI=1S/C20H28N2O3S/c1-15-5-8-17(9-6-15)22(2)12-4-11-21-14-19(24)16-7-10-18(23)20(13-16)26(3)25/h5-10,13,19,21,23-24H,4,11-12,14H2,1-3H3. The van der Waals surface area contributed by atoms with Crippen molar-refractivity contribution in [1.29, 1.82) is 0 Å². The number of aliphatic hydroxyl groups is 1. The molecule has 2 aromatic rings. The first kappa shape index (κ1) is 20.6. The quantitative estimate of drug-likeness (QED) is 0.463. The summed E-state index contributed by atoms with van der Waals surface area (Å²) in [6.07, 6.45) is 1.76. The summed E-state index contributed by atoms with van der Waals surface area (Å²) >= 11 is -1.29. The smallest absolute Gasteiger partial charge is 0.194 e. The van der Waals surface area contributed by atoms with Crippen LogP contribution < -0.4 is 10.2 Å². The molecule has 2 unspecified atom stereocenters. The van der Waals surface area contributed by atoms with Crippen molar-refractivity contribution in [2.75, 3.05) is 37.8 Å². The molecule has 0 aromatic heterocycles. The summed E-state index contributed by atoms with van der Waals surface area (Å²) in [7, 11) is 2.07. The summed E-state index contributed by atoms with van der Waals surface area (Å²) in [6, 6.07) is 13.2. The van der Waals surface area contributed by atoms with Crippen LogP contribution in [0.4, 0.5) is 5.69 Å². The zero-order valence-corrected chi connectivity index (χ0v) is 16.4. The molecule has 0 amide bonds. The number of benzene rings is 2. The van der Waals surface area contributed by atoms with Gasteiger partial charge in [-0.3, -0.25) is 0 Å². The van der Waals surface area contributed by atoms with Gasteiger partial charge in [-0.05, 0) is 54.8 Å². The van der Waals surface area contributed by atoms with Crippen LogP contribution in [0, 0.1) is 6.92 Å². The average Bonchev–Trinajstić information content (AvgIpc) is 2.61. The van der Waals surface area contributed by atoms with Crippen molar-refractivity contribution in [3.8, 4) is 5.75 Å². The van der Waals surface area contributed by atoms with Crippen LogP contribution in [0.5, 0.6) is 5.75 Å². The molecule has 0 saturated heterocycles. The van der Waals surface area contributed by atoms with Gasteiger partial charge in [0.15, 0.2) is 10.6 Å². The Labute approximate surface area is 158 Å². The van der Waals surface area contributed by atoms with E-state index in [-0.39, 0.29) is 5.75 Å². The normalized spacial score (nSPS) is 13.4. The molecular formula is C20H28N2O3S. The van der Waals surface area contributed by atoms with Gasteiger partial charge in [0.25, 0.3) is 0 Å². The van der Waals surface area contributed by atoms with E-state index in [1.165, 1.54) is 23.6 Å². The highest BCUT2D eigenvalue weighted by molar-refractivity contribution is 7.90. The Morgan fingerprint density at radius 3 is 2.54 bits per heavy atom. The van der Waals surface area contributed by atoms with Gasteiger partial charge in [-0.25, -0.2) is 0 Å². The van der Waals surface area contributed by atoms with E-state index in [1.54, 1.807) is 12.1 Å². The van der Waals surface area contributed by atoms with Crippen LogP contribution in [-0.4, -0.2) is 47.7 Å².